The van der Waals surface area contributed by atoms with Crippen molar-refractivity contribution in [2.75, 3.05) is 20.3 Å². The third-order valence-electron chi connectivity index (χ3n) is 4.93. The fraction of sp³-hybridized carbons (Fsp3) is 0.333. The van der Waals surface area contributed by atoms with Crippen LogP contribution in [-0.2, 0) is 27.3 Å². The zero-order chi connectivity index (χ0) is 21.5. The van der Waals surface area contributed by atoms with Crippen LogP contribution in [0.2, 0.25) is 0 Å². The van der Waals surface area contributed by atoms with Crippen LogP contribution in [0.25, 0.3) is 11.0 Å². The first kappa shape index (κ1) is 21.6. The molecule has 2 aromatic carbocycles. The van der Waals surface area contributed by atoms with Crippen molar-refractivity contribution >= 4 is 16.9 Å². The summed E-state index contributed by atoms with van der Waals surface area (Å²) >= 11 is 0. The number of methoxy groups -OCH3 is 1. The van der Waals surface area contributed by atoms with Crippen LogP contribution in [0.5, 0.6) is 5.75 Å². The molecule has 0 N–H and O–H groups in total. The quantitative estimate of drug-likeness (QED) is 0.300. The second kappa shape index (κ2) is 10.1. The SMILES string of the molecule is COCCOC(=O)CCc1cc2c(C)cc(=O)oc2cc1OCc1ccccc1C. The highest BCUT2D eigenvalue weighted by molar-refractivity contribution is 5.83. The maximum Gasteiger partial charge on any atom is 0.336 e. The Hall–Kier alpha value is -3.12. The van der Waals surface area contributed by atoms with Crippen molar-refractivity contribution in [3.63, 3.8) is 0 Å². The zero-order valence-corrected chi connectivity index (χ0v) is 17.5. The van der Waals surface area contributed by atoms with E-state index in [0.29, 0.717) is 31.0 Å². The van der Waals surface area contributed by atoms with Gasteiger partial charge in [0.25, 0.3) is 0 Å². The van der Waals surface area contributed by atoms with Gasteiger partial charge in [0, 0.05) is 31.0 Å². The van der Waals surface area contributed by atoms with Gasteiger partial charge in [0.2, 0.25) is 0 Å². The molecule has 3 rings (SSSR count). The average Bonchev–Trinajstić information content (AvgIpc) is 2.71. The molecule has 3 aromatic rings. The lowest BCUT2D eigenvalue weighted by molar-refractivity contribution is -0.144. The molecule has 1 aromatic heterocycles. The van der Waals surface area contributed by atoms with Gasteiger partial charge in [-0.25, -0.2) is 4.79 Å². The summed E-state index contributed by atoms with van der Waals surface area (Å²) in [6, 6.07) is 13.1. The fourth-order valence-electron chi connectivity index (χ4n) is 3.20. The summed E-state index contributed by atoms with van der Waals surface area (Å²) in [5.41, 5.74) is 3.93. The molecule has 0 unspecified atom stereocenters. The highest BCUT2D eigenvalue weighted by Crippen LogP contribution is 2.29. The van der Waals surface area contributed by atoms with E-state index in [1.807, 2.05) is 44.2 Å². The molecule has 0 radical (unpaired) electrons. The highest BCUT2D eigenvalue weighted by Gasteiger charge is 2.13. The minimum Gasteiger partial charge on any atom is -0.488 e. The molecule has 6 nitrogen and oxygen atoms in total. The van der Waals surface area contributed by atoms with Gasteiger partial charge in [0.05, 0.1) is 6.61 Å². The van der Waals surface area contributed by atoms with Gasteiger partial charge >= 0.3 is 11.6 Å². The molecule has 0 saturated heterocycles. The van der Waals surface area contributed by atoms with Gasteiger partial charge in [-0.15, -0.1) is 0 Å². The summed E-state index contributed by atoms with van der Waals surface area (Å²) < 4.78 is 21.5. The van der Waals surface area contributed by atoms with Gasteiger partial charge in [0.15, 0.2) is 0 Å². The molecule has 0 saturated carbocycles. The number of hydrogen-bond acceptors (Lipinski definition) is 6. The van der Waals surface area contributed by atoms with E-state index in [2.05, 4.69) is 0 Å². The summed E-state index contributed by atoms with van der Waals surface area (Å²) in [5, 5.41) is 0.820. The topological polar surface area (TPSA) is 75.0 Å². The maximum absolute atomic E-state index is 12.0. The molecule has 1 heterocycles. The van der Waals surface area contributed by atoms with Gasteiger partial charge in [-0.2, -0.15) is 0 Å². The second-order valence-electron chi connectivity index (χ2n) is 7.13. The predicted octanol–water partition coefficient (Wildman–Crippen LogP) is 4.11. The Morgan fingerprint density at radius 1 is 1.00 bits per heavy atom. The molecule has 0 bridgehead atoms. The number of aryl methyl sites for hydroxylation is 3. The van der Waals surface area contributed by atoms with E-state index in [1.165, 1.54) is 6.07 Å². The van der Waals surface area contributed by atoms with Crippen molar-refractivity contribution in [2.24, 2.45) is 0 Å². The molecule has 0 spiro atoms. The third-order valence-corrected chi connectivity index (χ3v) is 4.93. The van der Waals surface area contributed by atoms with Crippen molar-refractivity contribution in [2.45, 2.75) is 33.3 Å². The molecule has 0 amide bonds. The number of esters is 1. The molecular weight excluding hydrogens is 384 g/mol. The third kappa shape index (κ3) is 5.48. The number of fused-ring (bicyclic) bond motifs is 1. The van der Waals surface area contributed by atoms with Crippen LogP contribution in [0.4, 0.5) is 0 Å². The Balaban J connectivity index is 1.86. The van der Waals surface area contributed by atoms with Gasteiger partial charge < -0.3 is 18.6 Å². The summed E-state index contributed by atoms with van der Waals surface area (Å²) in [6.07, 6.45) is 0.662. The zero-order valence-electron chi connectivity index (χ0n) is 17.5. The van der Waals surface area contributed by atoms with Crippen molar-refractivity contribution in [3.8, 4) is 5.75 Å². The molecule has 6 heteroatoms. The Bertz CT molecular complexity index is 1080. The van der Waals surface area contributed by atoms with E-state index in [0.717, 1.165) is 27.6 Å². The van der Waals surface area contributed by atoms with Gasteiger partial charge in [0.1, 0.15) is 24.5 Å². The number of hydrogen-bond donors (Lipinski definition) is 0. The molecule has 0 aliphatic heterocycles. The lowest BCUT2D eigenvalue weighted by atomic mass is 10.0. The summed E-state index contributed by atoms with van der Waals surface area (Å²) in [4.78, 5) is 23.8. The normalized spacial score (nSPS) is 10.9. The first-order valence-corrected chi connectivity index (χ1v) is 9.87. The molecule has 158 valence electrons. The molecular formula is C24H26O6. The summed E-state index contributed by atoms with van der Waals surface area (Å²) in [7, 11) is 1.56. The van der Waals surface area contributed by atoms with Crippen molar-refractivity contribution in [1.82, 2.24) is 0 Å². The van der Waals surface area contributed by atoms with E-state index >= 15 is 0 Å². The number of benzene rings is 2. The average molecular weight is 410 g/mol. The Morgan fingerprint density at radius 3 is 2.57 bits per heavy atom. The smallest absolute Gasteiger partial charge is 0.336 e. The van der Waals surface area contributed by atoms with Crippen LogP contribution < -0.4 is 10.4 Å². The van der Waals surface area contributed by atoms with Crippen molar-refractivity contribution < 1.29 is 23.4 Å². The first-order valence-electron chi connectivity index (χ1n) is 9.87. The van der Waals surface area contributed by atoms with Crippen LogP contribution in [0, 0.1) is 13.8 Å². The Kier molecular flexibility index (Phi) is 7.25. The predicted molar refractivity (Wildman–Crippen MR) is 114 cm³/mol. The fourth-order valence-corrected chi connectivity index (χ4v) is 3.20. The first-order chi connectivity index (χ1) is 14.5. The van der Waals surface area contributed by atoms with Crippen LogP contribution in [-0.4, -0.2) is 26.3 Å². The Labute approximate surface area is 175 Å². The summed E-state index contributed by atoms with van der Waals surface area (Å²) in [6.45, 7) is 4.85. The largest absolute Gasteiger partial charge is 0.488 e. The van der Waals surface area contributed by atoms with Gasteiger partial charge in [-0.1, -0.05) is 24.3 Å². The number of carbonyl (C=O) groups is 1. The lowest BCUT2D eigenvalue weighted by Crippen LogP contribution is -2.11. The second-order valence-corrected chi connectivity index (χ2v) is 7.13. The molecule has 0 aliphatic rings. The standard InChI is InChI=1S/C24H26O6/c1-16-6-4-5-7-19(16)15-29-21-14-22-20(17(2)12-24(26)30-22)13-18(21)8-9-23(25)28-11-10-27-3/h4-7,12-14H,8-11,15H2,1-3H3. The van der Waals surface area contributed by atoms with Crippen LogP contribution in [0.15, 0.2) is 51.7 Å². The minimum atomic E-state index is -0.403. The molecule has 30 heavy (non-hydrogen) atoms. The number of carbonyl (C=O) groups excluding carboxylic acids is 1. The number of ether oxygens (including phenoxy) is 3. The molecule has 0 aliphatic carbocycles. The lowest BCUT2D eigenvalue weighted by Gasteiger charge is -2.14. The van der Waals surface area contributed by atoms with Crippen molar-refractivity contribution in [3.05, 3.63) is 75.1 Å². The van der Waals surface area contributed by atoms with Gasteiger partial charge in [-0.05, 0) is 48.6 Å². The molecule has 0 fully saturated rings. The van der Waals surface area contributed by atoms with E-state index in [4.69, 9.17) is 18.6 Å². The van der Waals surface area contributed by atoms with E-state index < -0.39 is 5.63 Å². The van der Waals surface area contributed by atoms with Crippen LogP contribution >= 0.6 is 0 Å². The van der Waals surface area contributed by atoms with E-state index in [9.17, 15) is 9.59 Å². The van der Waals surface area contributed by atoms with Crippen LogP contribution in [0.3, 0.4) is 0 Å². The van der Waals surface area contributed by atoms with Gasteiger partial charge in [-0.3, -0.25) is 4.79 Å². The summed E-state index contributed by atoms with van der Waals surface area (Å²) in [5.74, 6) is 0.289. The van der Waals surface area contributed by atoms with Crippen LogP contribution in [0.1, 0.15) is 28.7 Å². The highest BCUT2D eigenvalue weighted by atomic mass is 16.6. The Morgan fingerprint density at radius 2 is 1.80 bits per heavy atom. The molecule has 0 atom stereocenters. The maximum atomic E-state index is 12.0. The van der Waals surface area contributed by atoms with Crippen molar-refractivity contribution in [1.29, 1.82) is 0 Å². The van der Waals surface area contributed by atoms with E-state index in [-0.39, 0.29) is 19.0 Å². The number of rotatable bonds is 9. The van der Waals surface area contributed by atoms with E-state index in [1.54, 1.807) is 13.2 Å². The monoisotopic (exact) mass is 410 g/mol. The minimum absolute atomic E-state index is 0.214.